The maximum atomic E-state index is 12.5. The average molecular weight is 373 g/mol. The largest absolute Gasteiger partial charge is 0.494 e. The van der Waals surface area contributed by atoms with Crippen molar-refractivity contribution in [3.8, 4) is 5.75 Å². The summed E-state index contributed by atoms with van der Waals surface area (Å²) in [6.45, 7) is 5.74. The van der Waals surface area contributed by atoms with Gasteiger partial charge >= 0.3 is 0 Å². The van der Waals surface area contributed by atoms with Crippen LogP contribution in [0.5, 0.6) is 5.75 Å². The molecule has 5 heteroatoms. The number of unbranched alkanes of at least 4 members (excludes halogenated alkanes) is 1. The van der Waals surface area contributed by atoms with Crippen molar-refractivity contribution in [3.63, 3.8) is 0 Å². The van der Waals surface area contributed by atoms with Gasteiger partial charge in [0.1, 0.15) is 5.75 Å². The fourth-order valence-corrected chi connectivity index (χ4v) is 4.13. The van der Waals surface area contributed by atoms with Gasteiger partial charge in [-0.05, 0) is 68.1 Å². The Morgan fingerprint density at radius 3 is 2.65 bits per heavy atom. The smallest absolute Gasteiger partial charge is 0.251 e. The van der Waals surface area contributed by atoms with Crippen LogP contribution in [0.4, 0.5) is 0 Å². The molecule has 140 valence electrons. The van der Waals surface area contributed by atoms with Crippen LogP contribution in [0.2, 0.25) is 0 Å². The van der Waals surface area contributed by atoms with Gasteiger partial charge in [-0.1, -0.05) is 19.4 Å². The zero-order valence-electron chi connectivity index (χ0n) is 15.4. The van der Waals surface area contributed by atoms with E-state index >= 15 is 0 Å². The number of carbonyl (C=O) groups is 1. The molecule has 1 saturated heterocycles. The molecular formula is C21H28N2O2S. The number of benzene rings is 1. The van der Waals surface area contributed by atoms with E-state index in [-0.39, 0.29) is 11.9 Å². The molecule has 1 fully saturated rings. The Morgan fingerprint density at radius 1 is 1.23 bits per heavy atom. The van der Waals surface area contributed by atoms with Crippen molar-refractivity contribution in [1.82, 2.24) is 10.2 Å². The number of hydrogen-bond donors (Lipinski definition) is 1. The van der Waals surface area contributed by atoms with Crippen LogP contribution < -0.4 is 10.1 Å². The van der Waals surface area contributed by atoms with E-state index in [1.165, 1.54) is 17.7 Å². The van der Waals surface area contributed by atoms with E-state index in [9.17, 15) is 4.79 Å². The molecule has 2 heterocycles. The van der Waals surface area contributed by atoms with Gasteiger partial charge in [-0.15, -0.1) is 11.3 Å². The molecule has 0 bridgehead atoms. The Labute approximate surface area is 160 Å². The molecule has 3 rings (SSSR count). The molecule has 1 N–H and O–H groups in total. The first-order valence-electron chi connectivity index (χ1n) is 9.56. The molecule has 0 spiro atoms. The number of rotatable bonds is 9. The molecule has 0 radical (unpaired) electrons. The average Bonchev–Trinajstić information content (AvgIpc) is 3.37. The molecule has 26 heavy (non-hydrogen) atoms. The Bertz CT molecular complexity index is 664. The highest BCUT2D eigenvalue weighted by Gasteiger charge is 2.24. The summed E-state index contributed by atoms with van der Waals surface area (Å²) in [5.41, 5.74) is 0.680. The van der Waals surface area contributed by atoms with Crippen molar-refractivity contribution in [1.29, 1.82) is 0 Å². The van der Waals surface area contributed by atoms with Gasteiger partial charge in [-0.25, -0.2) is 0 Å². The quantitative estimate of drug-likeness (QED) is 0.659. The number of ether oxygens (including phenoxy) is 1. The van der Waals surface area contributed by atoms with Crippen molar-refractivity contribution in [2.24, 2.45) is 0 Å². The van der Waals surface area contributed by atoms with E-state index in [1.54, 1.807) is 11.3 Å². The molecule has 0 unspecified atom stereocenters. The molecule has 1 aromatic heterocycles. The van der Waals surface area contributed by atoms with Gasteiger partial charge in [0.25, 0.3) is 5.91 Å². The van der Waals surface area contributed by atoms with Gasteiger partial charge in [0, 0.05) is 17.0 Å². The molecule has 0 saturated carbocycles. The number of hydrogen-bond acceptors (Lipinski definition) is 4. The lowest BCUT2D eigenvalue weighted by atomic mass is 10.1. The third kappa shape index (κ3) is 5.08. The molecule has 1 amide bonds. The fourth-order valence-electron chi connectivity index (χ4n) is 3.27. The van der Waals surface area contributed by atoms with Crippen LogP contribution in [-0.4, -0.2) is 37.0 Å². The van der Waals surface area contributed by atoms with E-state index in [2.05, 4.69) is 34.7 Å². The van der Waals surface area contributed by atoms with E-state index in [0.29, 0.717) is 12.1 Å². The van der Waals surface area contributed by atoms with Crippen molar-refractivity contribution in [2.75, 3.05) is 26.2 Å². The predicted molar refractivity (Wildman–Crippen MR) is 107 cm³/mol. The molecule has 0 aliphatic carbocycles. The zero-order valence-corrected chi connectivity index (χ0v) is 16.3. The minimum absolute atomic E-state index is 0.0224. The van der Waals surface area contributed by atoms with Crippen LogP contribution in [0.15, 0.2) is 41.8 Å². The lowest BCUT2D eigenvalue weighted by molar-refractivity contribution is 0.0938. The highest BCUT2D eigenvalue weighted by atomic mass is 32.1. The Kier molecular flexibility index (Phi) is 7.09. The van der Waals surface area contributed by atoms with E-state index in [4.69, 9.17) is 4.74 Å². The molecule has 1 aliphatic rings. The van der Waals surface area contributed by atoms with Crippen molar-refractivity contribution in [2.45, 2.75) is 38.6 Å². The maximum Gasteiger partial charge on any atom is 0.251 e. The summed E-state index contributed by atoms with van der Waals surface area (Å²) in [6.07, 6.45) is 4.65. The summed E-state index contributed by atoms with van der Waals surface area (Å²) in [5.74, 6) is 0.800. The normalized spacial score (nSPS) is 15.7. The lowest BCUT2D eigenvalue weighted by Crippen LogP contribution is -2.36. The SMILES string of the molecule is CCCCOc1ccc(C(=O)NC[C@H](c2cccs2)N2CCCC2)cc1. The first kappa shape index (κ1) is 18.9. The molecule has 2 aromatic rings. The van der Waals surface area contributed by atoms with Gasteiger partial charge in [0.15, 0.2) is 0 Å². The minimum Gasteiger partial charge on any atom is -0.494 e. The number of thiophene rings is 1. The first-order valence-corrected chi connectivity index (χ1v) is 10.4. The summed E-state index contributed by atoms with van der Waals surface area (Å²) < 4.78 is 5.66. The van der Waals surface area contributed by atoms with Crippen LogP contribution in [0.25, 0.3) is 0 Å². The Balaban J connectivity index is 1.56. The number of likely N-dealkylation sites (tertiary alicyclic amines) is 1. The topological polar surface area (TPSA) is 41.6 Å². The Hall–Kier alpha value is -1.85. The van der Waals surface area contributed by atoms with Crippen LogP contribution in [0.3, 0.4) is 0 Å². The second kappa shape index (κ2) is 9.74. The van der Waals surface area contributed by atoms with Gasteiger partial charge in [0.2, 0.25) is 0 Å². The van der Waals surface area contributed by atoms with Gasteiger partial charge in [-0.2, -0.15) is 0 Å². The monoisotopic (exact) mass is 372 g/mol. The second-order valence-electron chi connectivity index (χ2n) is 6.71. The number of amides is 1. The molecule has 4 nitrogen and oxygen atoms in total. The fraction of sp³-hybridized carbons (Fsp3) is 0.476. The number of carbonyl (C=O) groups excluding carboxylic acids is 1. The highest BCUT2D eigenvalue weighted by molar-refractivity contribution is 7.10. The van der Waals surface area contributed by atoms with Crippen LogP contribution in [-0.2, 0) is 0 Å². The molecule has 1 aromatic carbocycles. The summed E-state index contributed by atoms with van der Waals surface area (Å²) in [5, 5.41) is 5.23. The zero-order chi connectivity index (χ0) is 18.2. The molecule has 1 atom stereocenters. The van der Waals surface area contributed by atoms with Gasteiger partial charge < -0.3 is 10.1 Å². The van der Waals surface area contributed by atoms with E-state index in [0.717, 1.165) is 38.3 Å². The third-order valence-corrected chi connectivity index (χ3v) is 5.77. The Morgan fingerprint density at radius 2 is 2.00 bits per heavy atom. The summed E-state index contributed by atoms with van der Waals surface area (Å²) in [6, 6.07) is 12.0. The van der Waals surface area contributed by atoms with Crippen molar-refractivity contribution in [3.05, 3.63) is 52.2 Å². The molecule has 1 aliphatic heterocycles. The van der Waals surface area contributed by atoms with Crippen LogP contribution >= 0.6 is 11.3 Å². The predicted octanol–water partition coefficient (Wildman–Crippen LogP) is 4.49. The van der Waals surface area contributed by atoms with Crippen molar-refractivity contribution < 1.29 is 9.53 Å². The summed E-state index contributed by atoms with van der Waals surface area (Å²) in [4.78, 5) is 16.3. The lowest BCUT2D eigenvalue weighted by Gasteiger charge is -2.26. The minimum atomic E-state index is -0.0224. The summed E-state index contributed by atoms with van der Waals surface area (Å²) >= 11 is 1.77. The number of nitrogens with zero attached hydrogens (tertiary/aromatic N) is 1. The van der Waals surface area contributed by atoms with Gasteiger partial charge in [-0.3, -0.25) is 9.69 Å². The van der Waals surface area contributed by atoms with Crippen molar-refractivity contribution >= 4 is 17.2 Å². The summed E-state index contributed by atoms with van der Waals surface area (Å²) in [7, 11) is 0. The first-order chi connectivity index (χ1) is 12.8. The van der Waals surface area contributed by atoms with E-state index in [1.807, 2.05) is 24.3 Å². The third-order valence-electron chi connectivity index (χ3n) is 4.79. The maximum absolute atomic E-state index is 12.5. The second-order valence-corrected chi connectivity index (χ2v) is 7.69. The number of nitrogens with one attached hydrogen (secondary N) is 1. The highest BCUT2D eigenvalue weighted by Crippen LogP contribution is 2.28. The van der Waals surface area contributed by atoms with Crippen LogP contribution in [0.1, 0.15) is 53.9 Å². The standard InChI is InChI=1S/C21H28N2O2S/c1-2-3-14-25-18-10-8-17(9-11-18)21(24)22-16-19(20-7-6-15-26-20)23-12-4-5-13-23/h6-11,15,19H,2-5,12-14,16H2,1H3,(H,22,24)/t19-/m1/s1. The van der Waals surface area contributed by atoms with E-state index < -0.39 is 0 Å². The van der Waals surface area contributed by atoms with Gasteiger partial charge in [0.05, 0.1) is 12.6 Å². The van der Waals surface area contributed by atoms with Crippen LogP contribution in [0, 0.1) is 0 Å². The molecular weight excluding hydrogens is 344 g/mol.